The molecule has 0 aliphatic rings. The largest absolute Gasteiger partial charge is 0.435 e. The molecule has 20 heavy (non-hydrogen) atoms. The molecule has 4 nitrogen and oxygen atoms in total. The summed E-state index contributed by atoms with van der Waals surface area (Å²) in [5, 5.41) is 0.0639. The first-order valence-corrected chi connectivity index (χ1v) is 5.88. The maximum Gasteiger partial charge on any atom is 0.435 e. The Morgan fingerprint density at radius 1 is 1.10 bits per heavy atom. The van der Waals surface area contributed by atoms with E-state index in [9.17, 15) is 13.2 Å². The monoisotopic (exact) mass is 298 g/mol. The Balaban J connectivity index is 2.37. The molecule has 0 amide bonds. The highest BCUT2D eigenvalue weighted by Gasteiger charge is 2.39. The van der Waals surface area contributed by atoms with E-state index in [1.807, 2.05) is 0 Å². The molecule has 0 atom stereocenters. The molecule has 3 rings (SSSR count). The summed E-state index contributed by atoms with van der Waals surface area (Å²) in [6, 6.07) is 6.07. The first-order valence-electron chi connectivity index (χ1n) is 5.50. The molecule has 3 heterocycles. The summed E-state index contributed by atoms with van der Waals surface area (Å²) in [6.45, 7) is 0. The van der Waals surface area contributed by atoms with Crippen LogP contribution in [0, 0.1) is 0 Å². The zero-order valence-corrected chi connectivity index (χ0v) is 10.5. The third-order valence-electron chi connectivity index (χ3n) is 2.63. The van der Waals surface area contributed by atoms with Crippen molar-refractivity contribution in [2.45, 2.75) is 6.18 Å². The molecule has 0 radical (unpaired) electrons. The fraction of sp³-hybridized carbons (Fsp3) is 0.0833. The van der Waals surface area contributed by atoms with Crippen LogP contribution in [0.25, 0.3) is 17.2 Å². The quantitative estimate of drug-likeness (QED) is 0.646. The number of nitrogens with zero attached hydrogens (tertiary/aromatic N) is 4. The van der Waals surface area contributed by atoms with Crippen LogP contribution in [0.1, 0.15) is 5.69 Å². The van der Waals surface area contributed by atoms with E-state index in [-0.39, 0.29) is 22.3 Å². The highest BCUT2D eigenvalue weighted by Crippen LogP contribution is 2.36. The average Bonchev–Trinajstić information content (AvgIpc) is 2.78. The molecule has 102 valence electrons. The van der Waals surface area contributed by atoms with E-state index in [1.54, 1.807) is 12.1 Å². The molecule has 0 aliphatic carbocycles. The molecule has 0 unspecified atom stereocenters. The van der Waals surface area contributed by atoms with Crippen LogP contribution in [0.2, 0.25) is 5.15 Å². The number of hydrogen-bond acceptors (Lipinski definition) is 3. The van der Waals surface area contributed by atoms with Crippen molar-refractivity contribution in [3.05, 3.63) is 47.5 Å². The molecule has 0 aliphatic heterocycles. The SMILES string of the molecule is FC(F)(F)c1nc2ccccn2c1-c1nccc(Cl)n1. The lowest BCUT2D eigenvalue weighted by atomic mass is 10.3. The van der Waals surface area contributed by atoms with Crippen molar-refractivity contribution in [2.24, 2.45) is 0 Å². The molecule has 0 saturated carbocycles. The zero-order chi connectivity index (χ0) is 14.3. The zero-order valence-electron chi connectivity index (χ0n) is 9.76. The van der Waals surface area contributed by atoms with E-state index in [0.717, 1.165) is 0 Å². The minimum absolute atomic E-state index is 0.0639. The molecular formula is C12H6ClF3N4. The number of pyridine rings is 1. The van der Waals surface area contributed by atoms with Gasteiger partial charge in [0.25, 0.3) is 0 Å². The van der Waals surface area contributed by atoms with Crippen LogP contribution in [-0.4, -0.2) is 19.4 Å². The van der Waals surface area contributed by atoms with Crippen LogP contribution in [0.3, 0.4) is 0 Å². The van der Waals surface area contributed by atoms with Gasteiger partial charge in [-0.25, -0.2) is 15.0 Å². The Kier molecular flexibility index (Phi) is 2.86. The Morgan fingerprint density at radius 2 is 1.90 bits per heavy atom. The Bertz CT molecular complexity index is 782. The van der Waals surface area contributed by atoms with Crippen molar-refractivity contribution in [1.82, 2.24) is 19.4 Å². The highest BCUT2D eigenvalue weighted by molar-refractivity contribution is 6.29. The van der Waals surface area contributed by atoms with Gasteiger partial charge >= 0.3 is 6.18 Å². The smallest absolute Gasteiger partial charge is 0.296 e. The summed E-state index contributed by atoms with van der Waals surface area (Å²) in [6.07, 6.45) is -1.84. The third-order valence-corrected chi connectivity index (χ3v) is 2.84. The minimum atomic E-state index is -4.60. The number of alkyl halides is 3. The van der Waals surface area contributed by atoms with Gasteiger partial charge in [0.1, 0.15) is 16.5 Å². The lowest BCUT2D eigenvalue weighted by molar-refractivity contribution is -0.140. The molecule has 0 saturated heterocycles. The fourth-order valence-corrected chi connectivity index (χ4v) is 1.99. The molecule has 0 N–H and O–H groups in total. The van der Waals surface area contributed by atoms with E-state index >= 15 is 0 Å². The molecule has 0 aromatic carbocycles. The summed E-state index contributed by atoms with van der Waals surface area (Å²) in [5.74, 6) is -0.122. The van der Waals surface area contributed by atoms with Crippen molar-refractivity contribution in [3.8, 4) is 11.5 Å². The fourth-order valence-electron chi connectivity index (χ4n) is 1.86. The predicted octanol–water partition coefficient (Wildman–Crippen LogP) is 3.46. The minimum Gasteiger partial charge on any atom is -0.296 e. The molecule has 3 aromatic heterocycles. The summed E-state index contributed by atoms with van der Waals surface area (Å²) in [4.78, 5) is 11.3. The lowest BCUT2D eigenvalue weighted by Gasteiger charge is -2.06. The number of halogens is 4. The van der Waals surface area contributed by atoms with Crippen LogP contribution in [0.4, 0.5) is 13.2 Å². The number of rotatable bonds is 1. The molecule has 0 spiro atoms. The van der Waals surface area contributed by atoms with Gasteiger partial charge in [-0.2, -0.15) is 13.2 Å². The Labute approximate surface area is 115 Å². The van der Waals surface area contributed by atoms with Gasteiger partial charge in [0, 0.05) is 12.4 Å². The van der Waals surface area contributed by atoms with E-state index in [4.69, 9.17) is 11.6 Å². The standard InChI is InChI=1S/C12H6ClF3N4/c13-7-4-5-17-11(18-7)9-10(12(14,15)16)19-8-3-1-2-6-20(8)9/h1-6H. The van der Waals surface area contributed by atoms with Crippen LogP contribution in [0.5, 0.6) is 0 Å². The van der Waals surface area contributed by atoms with E-state index in [0.29, 0.717) is 0 Å². The first-order chi connectivity index (χ1) is 9.47. The van der Waals surface area contributed by atoms with E-state index < -0.39 is 11.9 Å². The second-order valence-corrected chi connectivity index (χ2v) is 4.33. The summed E-state index contributed by atoms with van der Waals surface area (Å²) < 4.78 is 40.6. The molecule has 8 heteroatoms. The van der Waals surface area contributed by atoms with Crippen molar-refractivity contribution in [3.63, 3.8) is 0 Å². The third kappa shape index (κ3) is 2.09. The van der Waals surface area contributed by atoms with Gasteiger partial charge in [0.05, 0.1) is 0 Å². The number of imidazole rings is 1. The predicted molar refractivity (Wildman–Crippen MR) is 66.2 cm³/mol. The second kappa shape index (κ2) is 4.45. The van der Waals surface area contributed by atoms with Crippen molar-refractivity contribution >= 4 is 17.2 Å². The van der Waals surface area contributed by atoms with Crippen LogP contribution < -0.4 is 0 Å². The van der Waals surface area contributed by atoms with E-state index in [2.05, 4.69) is 15.0 Å². The van der Waals surface area contributed by atoms with Gasteiger partial charge in [-0.15, -0.1) is 0 Å². The number of fused-ring (bicyclic) bond motifs is 1. The van der Waals surface area contributed by atoms with Crippen LogP contribution in [-0.2, 0) is 6.18 Å². The van der Waals surface area contributed by atoms with Gasteiger partial charge in [0.15, 0.2) is 11.5 Å². The van der Waals surface area contributed by atoms with Crippen molar-refractivity contribution < 1.29 is 13.2 Å². The molecule has 3 aromatic rings. The van der Waals surface area contributed by atoms with E-state index in [1.165, 1.54) is 28.9 Å². The highest BCUT2D eigenvalue weighted by atomic mass is 35.5. The average molecular weight is 299 g/mol. The van der Waals surface area contributed by atoms with Crippen molar-refractivity contribution in [2.75, 3.05) is 0 Å². The number of hydrogen-bond donors (Lipinski definition) is 0. The summed E-state index contributed by atoms with van der Waals surface area (Å²) in [5.41, 5.74) is -1.10. The van der Waals surface area contributed by atoms with Gasteiger partial charge in [-0.1, -0.05) is 17.7 Å². The Hall–Kier alpha value is -2.15. The van der Waals surface area contributed by atoms with Crippen molar-refractivity contribution in [1.29, 1.82) is 0 Å². The topological polar surface area (TPSA) is 43.1 Å². The molecule has 0 bridgehead atoms. The lowest BCUT2D eigenvalue weighted by Crippen LogP contribution is -2.09. The summed E-state index contributed by atoms with van der Waals surface area (Å²) >= 11 is 5.72. The van der Waals surface area contributed by atoms with Gasteiger partial charge in [-0.3, -0.25) is 4.40 Å². The van der Waals surface area contributed by atoms with Gasteiger partial charge < -0.3 is 0 Å². The van der Waals surface area contributed by atoms with Crippen LogP contribution in [0.15, 0.2) is 36.7 Å². The second-order valence-electron chi connectivity index (χ2n) is 3.94. The first kappa shape index (κ1) is 12.9. The normalized spacial score (nSPS) is 12.0. The summed E-state index contributed by atoms with van der Waals surface area (Å²) in [7, 11) is 0. The van der Waals surface area contributed by atoms with Crippen LogP contribution >= 0.6 is 11.6 Å². The number of aromatic nitrogens is 4. The molecular weight excluding hydrogens is 293 g/mol. The Morgan fingerprint density at radius 3 is 2.60 bits per heavy atom. The van der Waals surface area contributed by atoms with Gasteiger partial charge in [-0.05, 0) is 18.2 Å². The maximum absolute atomic E-state index is 13.1. The van der Waals surface area contributed by atoms with Gasteiger partial charge in [0.2, 0.25) is 0 Å². The molecule has 0 fully saturated rings. The maximum atomic E-state index is 13.1.